The molecule has 0 saturated carbocycles. The molecule has 0 aliphatic carbocycles. The van der Waals surface area contributed by atoms with Crippen LogP contribution >= 0.6 is 0 Å². The molecule has 1 fully saturated rings. The predicted molar refractivity (Wildman–Crippen MR) is 159 cm³/mol. The number of carbonyl (C=O) groups is 2. The molecular weight excluding hydrogens is 506 g/mol. The van der Waals surface area contributed by atoms with E-state index in [0.717, 1.165) is 50.9 Å². The van der Waals surface area contributed by atoms with Gasteiger partial charge in [-0.05, 0) is 83.3 Å². The number of likely N-dealkylation sites (tertiary alicyclic amines) is 1. The van der Waals surface area contributed by atoms with E-state index in [1.807, 2.05) is 23.1 Å². The molecule has 40 heavy (non-hydrogen) atoms. The zero-order chi connectivity index (χ0) is 29.4. The normalized spacial score (nSPS) is 20.6. The van der Waals surface area contributed by atoms with Crippen LogP contribution in [-0.2, 0) is 9.59 Å². The van der Waals surface area contributed by atoms with E-state index in [0.29, 0.717) is 24.5 Å². The lowest BCUT2D eigenvalue weighted by atomic mass is 9.77. The Morgan fingerprint density at radius 3 is 2.40 bits per heavy atom. The molecule has 3 atom stereocenters. The second-order valence-electron chi connectivity index (χ2n) is 12.7. The van der Waals surface area contributed by atoms with Crippen molar-refractivity contribution in [3.63, 3.8) is 0 Å². The molecule has 0 aromatic heterocycles. The first-order chi connectivity index (χ1) is 18.9. The number of benzene rings is 1. The standard InChI is InChI=1S/C32H51N3O5/c1-8-9-15-34(16-11-10-14-33(6)7)29(36)21-35-20-25(24-12-13-27-28(17-24)40-22-39-27)30(31(37)38)26(35)19-32(4,5)18-23(2)3/h12-13,17-18,25-26,30H,8-11,14-16,19-22H2,1-7H3,(H,37,38). The minimum atomic E-state index is -0.817. The highest BCUT2D eigenvalue weighted by molar-refractivity contribution is 5.79. The van der Waals surface area contributed by atoms with E-state index in [1.165, 1.54) is 5.57 Å². The van der Waals surface area contributed by atoms with Crippen molar-refractivity contribution in [2.24, 2.45) is 11.3 Å². The van der Waals surface area contributed by atoms with Crippen LogP contribution in [0.2, 0.25) is 0 Å². The Labute approximate surface area is 241 Å². The molecule has 2 aliphatic heterocycles. The fraction of sp³-hybridized carbons (Fsp3) is 0.688. The molecule has 8 nitrogen and oxygen atoms in total. The van der Waals surface area contributed by atoms with Crippen molar-refractivity contribution >= 4 is 11.9 Å². The zero-order valence-corrected chi connectivity index (χ0v) is 25.7. The number of carbonyl (C=O) groups excluding carboxylic acids is 1. The Bertz CT molecular complexity index is 1030. The number of aliphatic carboxylic acids is 1. The molecule has 1 N–H and O–H groups in total. The van der Waals surface area contributed by atoms with E-state index in [2.05, 4.69) is 64.6 Å². The molecule has 2 heterocycles. The minimum Gasteiger partial charge on any atom is -0.481 e. The van der Waals surface area contributed by atoms with Crippen LogP contribution in [-0.4, -0.2) is 91.3 Å². The van der Waals surface area contributed by atoms with Crippen LogP contribution in [0.1, 0.15) is 78.2 Å². The number of amides is 1. The van der Waals surface area contributed by atoms with Gasteiger partial charge < -0.3 is 24.4 Å². The van der Waals surface area contributed by atoms with Gasteiger partial charge in [0.05, 0.1) is 12.5 Å². The Balaban J connectivity index is 1.88. The Morgan fingerprint density at radius 2 is 1.75 bits per heavy atom. The van der Waals surface area contributed by atoms with E-state index >= 15 is 0 Å². The van der Waals surface area contributed by atoms with Gasteiger partial charge in [-0.1, -0.05) is 44.9 Å². The first-order valence-corrected chi connectivity index (χ1v) is 14.9. The van der Waals surface area contributed by atoms with E-state index in [-0.39, 0.29) is 36.6 Å². The average Bonchev–Trinajstić information content (AvgIpc) is 3.46. The highest BCUT2D eigenvalue weighted by Crippen LogP contribution is 2.45. The molecule has 3 unspecified atom stereocenters. The van der Waals surface area contributed by atoms with Gasteiger partial charge in [-0.3, -0.25) is 14.5 Å². The zero-order valence-electron chi connectivity index (χ0n) is 25.7. The molecule has 1 saturated heterocycles. The van der Waals surface area contributed by atoms with Gasteiger partial charge in [-0.2, -0.15) is 0 Å². The minimum absolute atomic E-state index is 0.0961. The summed E-state index contributed by atoms with van der Waals surface area (Å²) < 4.78 is 11.1. The number of ether oxygens (including phenoxy) is 2. The quantitative estimate of drug-likeness (QED) is 0.233. The molecular formula is C32H51N3O5. The summed E-state index contributed by atoms with van der Waals surface area (Å²) in [6.45, 7) is 14.0. The van der Waals surface area contributed by atoms with Crippen molar-refractivity contribution in [2.45, 2.75) is 78.7 Å². The molecule has 1 amide bonds. The number of hydrogen-bond acceptors (Lipinski definition) is 6. The van der Waals surface area contributed by atoms with Crippen LogP contribution in [0.3, 0.4) is 0 Å². The highest BCUT2D eigenvalue weighted by Gasteiger charge is 2.48. The van der Waals surface area contributed by atoms with Gasteiger partial charge >= 0.3 is 5.97 Å². The Hall–Kier alpha value is -2.58. The number of fused-ring (bicyclic) bond motifs is 1. The highest BCUT2D eigenvalue weighted by atomic mass is 16.7. The van der Waals surface area contributed by atoms with Gasteiger partial charge in [-0.15, -0.1) is 0 Å². The molecule has 224 valence electrons. The van der Waals surface area contributed by atoms with Gasteiger partial charge in [-0.25, -0.2) is 0 Å². The fourth-order valence-electron chi connectivity index (χ4n) is 6.32. The molecule has 2 aliphatic rings. The maximum atomic E-state index is 13.8. The maximum Gasteiger partial charge on any atom is 0.308 e. The third-order valence-corrected chi connectivity index (χ3v) is 8.03. The average molecular weight is 558 g/mol. The van der Waals surface area contributed by atoms with Crippen LogP contribution < -0.4 is 9.47 Å². The first kappa shape index (κ1) is 31.9. The smallest absolute Gasteiger partial charge is 0.308 e. The number of carboxylic acids is 1. The summed E-state index contributed by atoms with van der Waals surface area (Å²) in [7, 11) is 4.14. The number of carboxylic acid groups (broad SMARTS) is 1. The molecule has 0 bridgehead atoms. The third kappa shape index (κ3) is 8.71. The van der Waals surface area contributed by atoms with Crippen LogP contribution in [0.5, 0.6) is 11.5 Å². The predicted octanol–water partition coefficient (Wildman–Crippen LogP) is 5.24. The van der Waals surface area contributed by atoms with E-state index in [1.54, 1.807) is 0 Å². The molecule has 1 aromatic rings. The summed E-state index contributed by atoms with van der Waals surface area (Å²) in [4.78, 5) is 33.0. The van der Waals surface area contributed by atoms with Crippen LogP contribution in [0.4, 0.5) is 0 Å². The molecule has 8 heteroatoms. The van der Waals surface area contributed by atoms with Gasteiger partial charge in [0.2, 0.25) is 12.7 Å². The second kappa shape index (κ2) is 14.4. The van der Waals surface area contributed by atoms with E-state index < -0.39 is 11.9 Å². The summed E-state index contributed by atoms with van der Waals surface area (Å²) in [5.74, 6) is -0.275. The second-order valence-corrected chi connectivity index (χ2v) is 12.7. The first-order valence-electron chi connectivity index (χ1n) is 14.9. The summed E-state index contributed by atoms with van der Waals surface area (Å²) in [5.41, 5.74) is 1.91. The molecule has 0 radical (unpaired) electrons. The van der Waals surface area contributed by atoms with Crippen molar-refractivity contribution in [1.82, 2.24) is 14.7 Å². The van der Waals surface area contributed by atoms with E-state index in [9.17, 15) is 14.7 Å². The Morgan fingerprint density at radius 1 is 1.07 bits per heavy atom. The maximum absolute atomic E-state index is 13.8. The third-order valence-electron chi connectivity index (χ3n) is 8.03. The number of hydrogen-bond donors (Lipinski definition) is 1. The number of allylic oxidation sites excluding steroid dienone is 2. The number of nitrogens with zero attached hydrogens (tertiary/aromatic N) is 3. The summed E-state index contributed by atoms with van der Waals surface area (Å²) in [5, 5.41) is 10.6. The number of unbranched alkanes of at least 4 members (excludes halogenated alkanes) is 2. The van der Waals surface area contributed by atoms with Gasteiger partial charge in [0.25, 0.3) is 0 Å². The molecule has 0 spiro atoms. The lowest BCUT2D eigenvalue weighted by Crippen LogP contribution is -2.46. The van der Waals surface area contributed by atoms with Crippen LogP contribution in [0.25, 0.3) is 0 Å². The summed E-state index contributed by atoms with van der Waals surface area (Å²) in [6.07, 6.45) is 6.87. The summed E-state index contributed by atoms with van der Waals surface area (Å²) >= 11 is 0. The van der Waals surface area contributed by atoms with Crippen molar-refractivity contribution < 1.29 is 24.2 Å². The van der Waals surface area contributed by atoms with E-state index in [4.69, 9.17) is 9.47 Å². The van der Waals surface area contributed by atoms with Crippen molar-refractivity contribution in [3.8, 4) is 11.5 Å². The van der Waals surface area contributed by atoms with Gasteiger partial charge in [0.1, 0.15) is 0 Å². The van der Waals surface area contributed by atoms with Crippen molar-refractivity contribution in [3.05, 3.63) is 35.4 Å². The molecule has 1 aromatic carbocycles. The number of rotatable bonds is 15. The van der Waals surface area contributed by atoms with Crippen molar-refractivity contribution in [2.75, 3.05) is 53.6 Å². The van der Waals surface area contributed by atoms with Crippen molar-refractivity contribution in [1.29, 1.82) is 0 Å². The van der Waals surface area contributed by atoms with Crippen LogP contribution in [0.15, 0.2) is 29.8 Å². The van der Waals surface area contributed by atoms with Gasteiger partial charge in [0.15, 0.2) is 11.5 Å². The SMILES string of the molecule is CCCCN(CCCCN(C)C)C(=O)CN1CC(c2ccc3c(c2)OCO3)C(C(=O)O)C1CC(C)(C)C=C(C)C. The molecule has 3 rings (SSSR count). The monoisotopic (exact) mass is 557 g/mol. The van der Waals surface area contributed by atoms with Gasteiger partial charge in [0, 0.05) is 31.6 Å². The largest absolute Gasteiger partial charge is 0.481 e. The van der Waals surface area contributed by atoms with Crippen LogP contribution in [0, 0.1) is 11.3 Å². The lowest BCUT2D eigenvalue weighted by molar-refractivity contribution is -0.144. The Kier molecular flexibility index (Phi) is 11.5. The topological polar surface area (TPSA) is 82.5 Å². The summed E-state index contributed by atoms with van der Waals surface area (Å²) in [6, 6.07) is 5.47. The fourth-order valence-corrected chi connectivity index (χ4v) is 6.32. The lowest BCUT2D eigenvalue weighted by Gasteiger charge is -2.34.